The highest BCUT2D eigenvalue weighted by Crippen LogP contribution is 2.29. The second-order valence-electron chi connectivity index (χ2n) is 3.28. The van der Waals surface area contributed by atoms with Gasteiger partial charge >= 0.3 is 0 Å². The first-order valence-electron chi connectivity index (χ1n) is 4.82. The minimum absolute atomic E-state index is 0.101. The molecule has 17 heavy (non-hydrogen) atoms. The third kappa shape index (κ3) is 2.49. The molecule has 2 nitrogen and oxygen atoms in total. The van der Waals surface area contributed by atoms with E-state index in [4.69, 9.17) is 5.73 Å². The molecule has 0 bridgehead atoms. The number of halogens is 5. The number of rotatable bonds is 4. The number of hydrogen-bond donors (Lipinski definition) is 1. The van der Waals surface area contributed by atoms with Crippen molar-refractivity contribution in [1.29, 1.82) is 0 Å². The van der Waals surface area contributed by atoms with E-state index in [0.29, 0.717) is 0 Å². The third-order valence-corrected chi connectivity index (χ3v) is 2.17. The smallest absolute Gasteiger partial charge is 0.207 e. The van der Waals surface area contributed by atoms with Gasteiger partial charge in [-0.1, -0.05) is 6.92 Å². The van der Waals surface area contributed by atoms with Gasteiger partial charge in [0.1, 0.15) is 6.10 Å². The van der Waals surface area contributed by atoms with Crippen LogP contribution in [0.25, 0.3) is 0 Å². The Morgan fingerprint density at radius 2 is 1.35 bits per heavy atom. The SMILES string of the molecule is CCC(CN)Oc1c(F)c(F)c(F)c(F)c1F. The summed E-state index contributed by atoms with van der Waals surface area (Å²) in [5.74, 6) is -11.6. The van der Waals surface area contributed by atoms with E-state index in [1.165, 1.54) is 0 Å². The third-order valence-electron chi connectivity index (χ3n) is 2.17. The van der Waals surface area contributed by atoms with Crippen LogP contribution in [-0.4, -0.2) is 12.6 Å². The summed E-state index contributed by atoms with van der Waals surface area (Å²) < 4.78 is 69.2. The van der Waals surface area contributed by atoms with Gasteiger partial charge in [-0.3, -0.25) is 0 Å². The van der Waals surface area contributed by atoms with Gasteiger partial charge in [-0.05, 0) is 6.42 Å². The molecule has 2 N–H and O–H groups in total. The van der Waals surface area contributed by atoms with E-state index < -0.39 is 40.9 Å². The van der Waals surface area contributed by atoms with Crippen molar-refractivity contribution in [2.45, 2.75) is 19.4 Å². The minimum Gasteiger partial charge on any atom is -0.483 e. The first kappa shape index (κ1) is 13.7. The molecule has 0 aliphatic carbocycles. The summed E-state index contributed by atoms with van der Waals surface area (Å²) in [5.41, 5.74) is 5.21. The van der Waals surface area contributed by atoms with Gasteiger partial charge in [-0.2, -0.15) is 8.78 Å². The first-order valence-corrected chi connectivity index (χ1v) is 4.82. The van der Waals surface area contributed by atoms with E-state index in [1.54, 1.807) is 6.92 Å². The summed E-state index contributed by atoms with van der Waals surface area (Å²) in [5, 5.41) is 0. The Balaban J connectivity index is 3.24. The quantitative estimate of drug-likeness (QED) is 0.509. The molecule has 1 atom stereocenters. The maximum absolute atomic E-state index is 13.1. The molecule has 7 heteroatoms. The van der Waals surface area contributed by atoms with Crippen molar-refractivity contribution in [3.8, 4) is 5.75 Å². The van der Waals surface area contributed by atoms with Crippen molar-refractivity contribution in [2.75, 3.05) is 6.54 Å². The summed E-state index contributed by atoms with van der Waals surface area (Å²) in [6.45, 7) is 1.50. The molecule has 96 valence electrons. The van der Waals surface area contributed by atoms with Crippen LogP contribution in [0.2, 0.25) is 0 Å². The highest BCUT2D eigenvalue weighted by Gasteiger charge is 2.28. The minimum atomic E-state index is -2.21. The highest BCUT2D eigenvalue weighted by atomic mass is 19.2. The zero-order chi connectivity index (χ0) is 13.2. The van der Waals surface area contributed by atoms with Crippen LogP contribution in [-0.2, 0) is 0 Å². The Morgan fingerprint density at radius 1 is 0.941 bits per heavy atom. The van der Waals surface area contributed by atoms with Gasteiger partial charge in [0, 0.05) is 6.54 Å². The Labute approximate surface area is 94.2 Å². The van der Waals surface area contributed by atoms with Crippen molar-refractivity contribution < 1.29 is 26.7 Å². The van der Waals surface area contributed by atoms with Crippen molar-refractivity contribution in [2.24, 2.45) is 5.73 Å². The number of benzene rings is 1. The average molecular weight is 255 g/mol. The van der Waals surface area contributed by atoms with Gasteiger partial charge < -0.3 is 10.5 Å². The predicted molar refractivity (Wildman–Crippen MR) is 50.0 cm³/mol. The van der Waals surface area contributed by atoms with Crippen molar-refractivity contribution in [3.05, 3.63) is 29.1 Å². The lowest BCUT2D eigenvalue weighted by molar-refractivity contribution is 0.179. The average Bonchev–Trinajstić information content (AvgIpc) is 2.34. The molecule has 0 saturated carbocycles. The summed E-state index contributed by atoms with van der Waals surface area (Å²) in [7, 11) is 0. The number of nitrogens with two attached hydrogens (primary N) is 1. The molecule has 1 aromatic carbocycles. The van der Waals surface area contributed by atoms with Crippen LogP contribution in [0, 0.1) is 29.1 Å². The summed E-state index contributed by atoms with van der Waals surface area (Å²) in [4.78, 5) is 0. The van der Waals surface area contributed by atoms with Crippen LogP contribution >= 0.6 is 0 Å². The summed E-state index contributed by atoms with van der Waals surface area (Å²) in [6, 6.07) is 0. The molecule has 0 fully saturated rings. The van der Waals surface area contributed by atoms with E-state index in [0.717, 1.165) is 0 Å². The van der Waals surface area contributed by atoms with Gasteiger partial charge in [0.25, 0.3) is 0 Å². The zero-order valence-corrected chi connectivity index (χ0v) is 8.87. The fraction of sp³-hybridized carbons (Fsp3) is 0.400. The van der Waals surface area contributed by atoms with E-state index in [-0.39, 0.29) is 13.0 Å². The lowest BCUT2D eigenvalue weighted by Crippen LogP contribution is -2.27. The molecule has 0 radical (unpaired) electrons. The fourth-order valence-electron chi connectivity index (χ4n) is 1.15. The molecule has 1 unspecified atom stereocenters. The van der Waals surface area contributed by atoms with Gasteiger partial charge in [0.15, 0.2) is 5.75 Å². The maximum Gasteiger partial charge on any atom is 0.207 e. The second kappa shape index (κ2) is 5.31. The fourth-order valence-corrected chi connectivity index (χ4v) is 1.15. The highest BCUT2D eigenvalue weighted by molar-refractivity contribution is 5.30. The van der Waals surface area contributed by atoms with Crippen LogP contribution in [0.1, 0.15) is 13.3 Å². The summed E-state index contributed by atoms with van der Waals surface area (Å²) in [6.07, 6.45) is -0.543. The maximum atomic E-state index is 13.1. The van der Waals surface area contributed by atoms with Gasteiger partial charge in [-0.25, -0.2) is 13.2 Å². The number of ether oxygens (including phenoxy) is 1. The molecule has 0 amide bonds. The van der Waals surface area contributed by atoms with Crippen LogP contribution < -0.4 is 10.5 Å². The molecule has 0 saturated heterocycles. The molecular formula is C10H10F5NO. The van der Waals surface area contributed by atoms with E-state index >= 15 is 0 Å². The van der Waals surface area contributed by atoms with Gasteiger partial charge in [-0.15, -0.1) is 0 Å². The van der Waals surface area contributed by atoms with Crippen LogP contribution in [0.15, 0.2) is 0 Å². The van der Waals surface area contributed by atoms with E-state index in [2.05, 4.69) is 4.74 Å². The van der Waals surface area contributed by atoms with Crippen LogP contribution in [0.3, 0.4) is 0 Å². The topological polar surface area (TPSA) is 35.2 Å². The molecule has 1 rings (SSSR count). The molecule has 1 aromatic rings. The van der Waals surface area contributed by atoms with E-state index in [1.807, 2.05) is 0 Å². The van der Waals surface area contributed by atoms with Crippen molar-refractivity contribution in [1.82, 2.24) is 0 Å². The van der Waals surface area contributed by atoms with Crippen molar-refractivity contribution >= 4 is 0 Å². The monoisotopic (exact) mass is 255 g/mol. The Morgan fingerprint density at radius 3 is 1.71 bits per heavy atom. The zero-order valence-electron chi connectivity index (χ0n) is 8.87. The summed E-state index contributed by atoms with van der Waals surface area (Å²) >= 11 is 0. The van der Waals surface area contributed by atoms with Crippen LogP contribution in [0.4, 0.5) is 22.0 Å². The van der Waals surface area contributed by atoms with Crippen LogP contribution in [0.5, 0.6) is 5.75 Å². The molecule has 0 aliphatic rings. The number of hydrogen-bond acceptors (Lipinski definition) is 2. The second-order valence-corrected chi connectivity index (χ2v) is 3.28. The predicted octanol–water partition coefficient (Wildman–Crippen LogP) is 2.50. The molecule has 0 aromatic heterocycles. The molecule has 0 spiro atoms. The Kier molecular flexibility index (Phi) is 4.28. The molecule has 0 aliphatic heterocycles. The van der Waals surface area contributed by atoms with Crippen molar-refractivity contribution in [3.63, 3.8) is 0 Å². The Hall–Kier alpha value is -1.37. The standard InChI is InChI=1S/C10H10F5NO/c1-2-4(3-16)17-10-8(14)6(12)5(11)7(13)9(10)15/h4H,2-3,16H2,1H3. The lowest BCUT2D eigenvalue weighted by Gasteiger charge is -2.17. The largest absolute Gasteiger partial charge is 0.483 e. The lowest BCUT2D eigenvalue weighted by atomic mass is 10.2. The normalized spacial score (nSPS) is 12.6. The molecule has 0 heterocycles. The van der Waals surface area contributed by atoms with Gasteiger partial charge in [0.05, 0.1) is 0 Å². The van der Waals surface area contributed by atoms with E-state index in [9.17, 15) is 22.0 Å². The van der Waals surface area contributed by atoms with Gasteiger partial charge in [0.2, 0.25) is 29.1 Å². The Bertz CT molecular complexity index is 391. The molecular weight excluding hydrogens is 245 g/mol. The first-order chi connectivity index (χ1) is 7.93.